The highest BCUT2D eigenvalue weighted by Gasteiger charge is 2.25. The number of hydrogen-bond acceptors (Lipinski definition) is 3. The minimum Gasteiger partial charge on any atom is -0.323 e. The molecule has 0 radical (unpaired) electrons. The van der Waals surface area contributed by atoms with Gasteiger partial charge in [0, 0.05) is 13.1 Å². The van der Waals surface area contributed by atoms with Gasteiger partial charge < -0.3 is 9.47 Å². The summed E-state index contributed by atoms with van der Waals surface area (Å²) in [5.74, 6) is 0. The van der Waals surface area contributed by atoms with E-state index in [-0.39, 0.29) is 0 Å². The zero-order valence-corrected chi connectivity index (χ0v) is 6.97. The first-order valence-electron chi connectivity index (χ1n) is 3.97. The van der Waals surface area contributed by atoms with Crippen LogP contribution in [0.15, 0.2) is 12.5 Å². The number of likely N-dealkylation sites (N-methyl/N-ethyl adjacent to an activating group) is 1. The van der Waals surface area contributed by atoms with Crippen molar-refractivity contribution in [1.82, 2.24) is 14.5 Å². The summed E-state index contributed by atoms with van der Waals surface area (Å²) in [6.07, 6.45) is 4.18. The van der Waals surface area contributed by atoms with Gasteiger partial charge in [-0.2, -0.15) is 0 Å². The molecular weight excluding hydrogens is 154 g/mol. The predicted octanol–water partition coefficient (Wildman–Crippen LogP) is 0.182. The highest BCUT2D eigenvalue weighted by atomic mass is 16.1. The third-order valence-electron chi connectivity index (χ3n) is 2.26. The van der Waals surface area contributed by atoms with Crippen molar-refractivity contribution < 1.29 is 4.79 Å². The van der Waals surface area contributed by atoms with Gasteiger partial charge in [-0.1, -0.05) is 0 Å². The first-order chi connectivity index (χ1) is 5.81. The molecule has 64 valence electrons. The second-order valence-electron chi connectivity index (χ2n) is 3.22. The smallest absolute Gasteiger partial charge is 0.168 e. The summed E-state index contributed by atoms with van der Waals surface area (Å²) in [7, 11) is 2.06. The fourth-order valence-electron chi connectivity index (χ4n) is 1.55. The van der Waals surface area contributed by atoms with Crippen molar-refractivity contribution in [3.8, 4) is 0 Å². The number of carbonyl (C=O) groups excluding carboxylic acids is 1. The second kappa shape index (κ2) is 2.71. The van der Waals surface area contributed by atoms with Gasteiger partial charge in [0.1, 0.15) is 5.69 Å². The van der Waals surface area contributed by atoms with E-state index < -0.39 is 0 Å². The van der Waals surface area contributed by atoms with Crippen LogP contribution in [0.3, 0.4) is 0 Å². The minimum absolute atomic E-state index is 0.442. The molecule has 0 aromatic carbocycles. The van der Waals surface area contributed by atoms with Gasteiger partial charge >= 0.3 is 0 Å². The first kappa shape index (κ1) is 7.49. The maximum Gasteiger partial charge on any atom is 0.168 e. The fraction of sp³-hybridized carbons (Fsp3) is 0.500. The Balaban J connectivity index is 2.17. The van der Waals surface area contributed by atoms with Gasteiger partial charge in [0.05, 0.1) is 18.6 Å². The summed E-state index contributed by atoms with van der Waals surface area (Å²) in [5, 5.41) is 0. The van der Waals surface area contributed by atoms with Gasteiger partial charge in [0.25, 0.3) is 0 Å². The lowest BCUT2D eigenvalue weighted by Gasteiger charge is -2.37. The number of carbonyl (C=O) groups is 1. The van der Waals surface area contributed by atoms with Gasteiger partial charge in [-0.25, -0.2) is 4.98 Å². The molecule has 1 saturated heterocycles. The highest BCUT2D eigenvalue weighted by molar-refractivity contribution is 5.71. The van der Waals surface area contributed by atoms with Gasteiger partial charge in [0.15, 0.2) is 6.29 Å². The SMILES string of the molecule is CN1CC(n2cncc2C=O)C1. The highest BCUT2D eigenvalue weighted by Crippen LogP contribution is 2.19. The molecule has 0 saturated carbocycles. The lowest BCUT2D eigenvalue weighted by atomic mass is 10.1. The van der Waals surface area contributed by atoms with E-state index in [9.17, 15) is 4.79 Å². The molecule has 4 heteroatoms. The molecule has 12 heavy (non-hydrogen) atoms. The van der Waals surface area contributed by atoms with Crippen molar-refractivity contribution in [3.63, 3.8) is 0 Å². The van der Waals surface area contributed by atoms with Crippen LogP contribution in [0.25, 0.3) is 0 Å². The van der Waals surface area contributed by atoms with Gasteiger partial charge in [0.2, 0.25) is 0 Å². The molecule has 1 aliphatic rings. The lowest BCUT2D eigenvalue weighted by molar-refractivity contribution is 0.108. The van der Waals surface area contributed by atoms with Crippen LogP contribution in [0, 0.1) is 0 Å². The zero-order valence-electron chi connectivity index (χ0n) is 6.97. The van der Waals surface area contributed by atoms with Crippen LogP contribution in [0.5, 0.6) is 0 Å². The van der Waals surface area contributed by atoms with E-state index in [4.69, 9.17) is 0 Å². The van der Waals surface area contributed by atoms with Crippen LogP contribution >= 0.6 is 0 Å². The van der Waals surface area contributed by atoms with Gasteiger partial charge in [-0.05, 0) is 7.05 Å². The molecule has 1 aromatic rings. The topological polar surface area (TPSA) is 38.1 Å². The average Bonchev–Trinajstić information content (AvgIpc) is 2.45. The number of aromatic nitrogens is 2. The second-order valence-corrected chi connectivity index (χ2v) is 3.22. The van der Waals surface area contributed by atoms with E-state index in [1.54, 1.807) is 12.5 Å². The third kappa shape index (κ3) is 1.04. The van der Waals surface area contributed by atoms with Crippen LogP contribution in [-0.2, 0) is 0 Å². The summed E-state index contributed by atoms with van der Waals surface area (Å²) < 4.78 is 1.94. The Morgan fingerprint density at radius 2 is 2.42 bits per heavy atom. The van der Waals surface area contributed by atoms with E-state index in [1.807, 2.05) is 4.57 Å². The number of likely N-dealkylation sites (tertiary alicyclic amines) is 1. The normalized spacial score (nSPS) is 19.1. The Bertz CT molecular complexity index is 288. The molecule has 2 heterocycles. The minimum atomic E-state index is 0.442. The van der Waals surface area contributed by atoms with Crippen LogP contribution < -0.4 is 0 Å². The number of nitrogens with zero attached hydrogens (tertiary/aromatic N) is 3. The Labute approximate surface area is 70.8 Å². The van der Waals surface area contributed by atoms with Gasteiger partial charge in [-0.3, -0.25) is 4.79 Å². The summed E-state index contributed by atoms with van der Waals surface area (Å²) in [6, 6.07) is 0.442. The molecule has 1 aromatic heterocycles. The third-order valence-corrected chi connectivity index (χ3v) is 2.26. The standard InChI is InChI=1S/C8H11N3O/c1-10-3-8(4-10)11-6-9-2-7(11)5-12/h2,5-6,8H,3-4H2,1H3. The average molecular weight is 165 g/mol. The van der Waals surface area contributed by atoms with E-state index >= 15 is 0 Å². The molecule has 0 atom stereocenters. The Hall–Kier alpha value is -1.16. The van der Waals surface area contributed by atoms with E-state index in [2.05, 4.69) is 16.9 Å². The molecule has 0 unspecified atom stereocenters. The van der Waals surface area contributed by atoms with Crippen molar-refractivity contribution in [2.45, 2.75) is 6.04 Å². The van der Waals surface area contributed by atoms with Gasteiger partial charge in [-0.15, -0.1) is 0 Å². The summed E-state index contributed by atoms with van der Waals surface area (Å²) in [6.45, 7) is 2.02. The van der Waals surface area contributed by atoms with Crippen molar-refractivity contribution in [1.29, 1.82) is 0 Å². The first-order valence-corrected chi connectivity index (χ1v) is 3.97. The van der Waals surface area contributed by atoms with E-state index in [1.165, 1.54) is 0 Å². The number of aldehydes is 1. The Morgan fingerprint density at radius 1 is 1.67 bits per heavy atom. The summed E-state index contributed by atoms with van der Waals surface area (Å²) >= 11 is 0. The molecule has 0 spiro atoms. The molecule has 0 bridgehead atoms. The van der Waals surface area contributed by atoms with Crippen LogP contribution in [-0.4, -0.2) is 40.9 Å². The molecule has 0 amide bonds. The lowest BCUT2D eigenvalue weighted by Crippen LogP contribution is -2.45. The Kier molecular flexibility index (Phi) is 1.69. The molecule has 0 aliphatic carbocycles. The van der Waals surface area contributed by atoms with Crippen LogP contribution in [0.2, 0.25) is 0 Å². The van der Waals surface area contributed by atoms with Crippen molar-refractivity contribution in [2.24, 2.45) is 0 Å². The molecule has 1 aliphatic heterocycles. The van der Waals surface area contributed by atoms with E-state index in [0.29, 0.717) is 11.7 Å². The van der Waals surface area contributed by atoms with Crippen molar-refractivity contribution in [3.05, 3.63) is 18.2 Å². The maximum absolute atomic E-state index is 10.5. The molecular formula is C8H11N3O. The quantitative estimate of drug-likeness (QED) is 0.587. The fourth-order valence-corrected chi connectivity index (χ4v) is 1.55. The maximum atomic E-state index is 10.5. The van der Waals surface area contributed by atoms with Crippen molar-refractivity contribution in [2.75, 3.05) is 20.1 Å². The number of hydrogen-bond donors (Lipinski definition) is 0. The largest absolute Gasteiger partial charge is 0.323 e. The number of imidazole rings is 1. The van der Waals surface area contributed by atoms with Crippen LogP contribution in [0.4, 0.5) is 0 Å². The summed E-state index contributed by atoms with van der Waals surface area (Å²) in [4.78, 5) is 16.7. The molecule has 4 nitrogen and oxygen atoms in total. The predicted molar refractivity (Wildman–Crippen MR) is 44.1 cm³/mol. The Morgan fingerprint density at radius 3 is 3.00 bits per heavy atom. The summed E-state index contributed by atoms with van der Waals surface area (Å²) in [5.41, 5.74) is 0.674. The molecule has 1 fully saturated rings. The zero-order chi connectivity index (χ0) is 8.55. The van der Waals surface area contributed by atoms with Crippen molar-refractivity contribution >= 4 is 6.29 Å². The van der Waals surface area contributed by atoms with E-state index in [0.717, 1.165) is 19.4 Å². The van der Waals surface area contributed by atoms with Crippen LogP contribution in [0.1, 0.15) is 16.5 Å². The molecule has 2 rings (SSSR count). The monoisotopic (exact) mass is 165 g/mol. The molecule has 0 N–H and O–H groups in total. The number of rotatable bonds is 2.